The van der Waals surface area contributed by atoms with Crippen molar-refractivity contribution in [1.82, 2.24) is 0 Å². The Labute approximate surface area is 113 Å². The van der Waals surface area contributed by atoms with Crippen molar-refractivity contribution in [3.63, 3.8) is 0 Å². The number of amides is 1. The van der Waals surface area contributed by atoms with Gasteiger partial charge in [0.25, 0.3) is 0 Å². The van der Waals surface area contributed by atoms with E-state index in [2.05, 4.69) is 23.1 Å². The summed E-state index contributed by atoms with van der Waals surface area (Å²) in [7, 11) is 0. The van der Waals surface area contributed by atoms with E-state index < -0.39 is 0 Å². The molecule has 2 atom stereocenters. The minimum Gasteiger partial charge on any atom is -0.381 e. The third-order valence-electron chi connectivity index (χ3n) is 4.27. The summed E-state index contributed by atoms with van der Waals surface area (Å²) in [5, 5.41) is 0. The molecule has 2 aliphatic rings. The average molecular weight is 260 g/mol. The number of para-hydroxylation sites is 1. The van der Waals surface area contributed by atoms with Crippen LogP contribution in [0.4, 0.5) is 5.69 Å². The number of carbonyl (C=O) groups excluding carboxylic acids is 1. The first-order chi connectivity index (χ1) is 9.25. The molecule has 2 unspecified atom stereocenters. The molecule has 4 heteroatoms. The third kappa shape index (κ3) is 2.45. The number of anilines is 1. The monoisotopic (exact) mass is 260 g/mol. The number of nitrogens with two attached hydrogens (primary N) is 1. The van der Waals surface area contributed by atoms with Crippen molar-refractivity contribution in [2.45, 2.75) is 18.8 Å². The number of fused-ring (bicyclic) bond motifs is 1. The van der Waals surface area contributed by atoms with Crippen molar-refractivity contribution in [3.8, 4) is 0 Å². The first-order valence-corrected chi connectivity index (χ1v) is 6.95. The van der Waals surface area contributed by atoms with E-state index in [-0.39, 0.29) is 5.91 Å². The van der Waals surface area contributed by atoms with Crippen LogP contribution in [-0.4, -0.2) is 32.2 Å². The predicted octanol–water partition coefficient (Wildman–Crippen LogP) is 1.50. The number of primary amides is 1. The molecule has 1 amide bonds. The smallest absolute Gasteiger partial charge is 0.236 e. The summed E-state index contributed by atoms with van der Waals surface area (Å²) in [6, 6.07) is 8.39. The highest BCUT2D eigenvalue weighted by molar-refractivity contribution is 5.80. The second-order valence-corrected chi connectivity index (χ2v) is 5.47. The molecular formula is C15H20N2O2. The molecule has 1 aromatic rings. The van der Waals surface area contributed by atoms with E-state index in [9.17, 15) is 4.79 Å². The highest BCUT2D eigenvalue weighted by Gasteiger charge is 2.33. The minimum atomic E-state index is -0.266. The zero-order valence-corrected chi connectivity index (χ0v) is 11.0. The molecule has 0 saturated carbocycles. The maximum Gasteiger partial charge on any atom is 0.236 e. The van der Waals surface area contributed by atoms with Gasteiger partial charge in [0.05, 0.1) is 13.2 Å². The molecule has 4 nitrogen and oxygen atoms in total. The number of hydrogen-bond donors (Lipinski definition) is 1. The van der Waals surface area contributed by atoms with Gasteiger partial charge in [-0.25, -0.2) is 0 Å². The topological polar surface area (TPSA) is 55.6 Å². The molecule has 1 saturated heterocycles. The highest BCUT2D eigenvalue weighted by atomic mass is 16.5. The van der Waals surface area contributed by atoms with Crippen molar-refractivity contribution in [2.24, 2.45) is 11.7 Å². The van der Waals surface area contributed by atoms with Crippen molar-refractivity contribution >= 4 is 11.6 Å². The lowest BCUT2D eigenvalue weighted by molar-refractivity contribution is -0.116. The zero-order chi connectivity index (χ0) is 13.2. The lowest BCUT2D eigenvalue weighted by Gasteiger charge is -2.37. The van der Waals surface area contributed by atoms with Crippen LogP contribution in [0.1, 0.15) is 24.3 Å². The lowest BCUT2D eigenvalue weighted by Crippen LogP contribution is -2.39. The normalized spacial score (nSPS) is 26.2. The van der Waals surface area contributed by atoms with Gasteiger partial charge >= 0.3 is 0 Å². The van der Waals surface area contributed by atoms with E-state index in [4.69, 9.17) is 10.5 Å². The van der Waals surface area contributed by atoms with Crippen LogP contribution in [0.3, 0.4) is 0 Å². The summed E-state index contributed by atoms with van der Waals surface area (Å²) in [5.41, 5.74) is 7.86. The fourth-order valence-corrected chi connectivity index (χ4v) is 3.37. The maximum atomic E-state index is 11.2. The van der Waals surface area contributed by atoms with Crippen LogP contribution in [0.25, 0.3) is 0 Å². The molecule has 0 spiro atoms. The Morgan fingerprint density at radius 3 is 2.95 bits per heavy atom. The molecule has 0 aromatic heterocycles. The molecule has 102 valence electrons. The average Bonchev–Trinajstić information content (AvgIpc) is 2.92. The van der Waals surface area contributed by atoms with E-state index in [0.29, 0.717) is 18.4 Å². The van der Waals surface area contributed by atoms with Gasteiger partial charge in [0.1, 0.15) is 0 Å². The Kier molecular flexibility index (Phi) is 3.42. The Balaban J connectivity index is 1.88. The van der Waals surface area contributed by atoms with E-state index in [1.54, 1.807) is 0 Å². The Bertz CT molecular complexity index is 469. The van der Waals surface area contributed by atoms with Crippen LogP contribution in [0.2, 0.25) is 0 Å². The van der Waals surface area contributed by atoms with Gasteiger partial charge in [-0.1, -0.05) is 18.2 Å². The van der Waals surface area contributed by atoms with Gasteiger partial charge < -0.3 is 15.4 Å². The molecule has 19 heavy (non-hydrogen) atoms. The summed E-state index contributed by atoms with van der Waals surface area (Å²) in [5.74, 6) is 0.914. The second-order valence-electron chi connectivity index (χ2n) is 5.47. The van der Waals surface area contributed by atoms with Gasteiger partial charge in [-0.15, -0.1) is 0 Å². The van der Waals surface area contributed by atoms with Crippen molar-refractivity contribution < 1.29 is 9.53 Å². The third-order valence-corrected chi connectivity index (χ3v) is 4.27. The molecule has 0 bridgehead atoms. The van der Waals surface area contributed by atoms with E-state index in [1.807, 2.05) is 6.07 Å². The Morgan fingerprint density at radius 2 is 2.21 bits per heavy atom. The predicted molar refractivity (Wildman–Crippen MR) is 74.1 cm³/mol. The minimum absolute atomic E-state index is 0.266. The van der Waals surface area contributed by atoms with Crippen LogP contribution in [-0.2, 0) is 9.53 Å². The molecule has 1 fully saturated rings. The van der Waals surface area contributed by atoms with Crippen molar-refractivity contribution in [3.05, 3.63) is 29.8 Å². The number of nitrogens with zero attached hydrogens (tertiary/aromatic N) is 1. The number of hydrogen-bond acceptors (Lipinski definition) is 3. The van der Waals surface area contributed by atoms with Crippen LogP contribution in [0.5, 0.6) is 0 Å². The lowest BCUT2D eigenvalue weighted by atomic mass is 9.80. The number of ether oxygens (including phenoxy) is 1. The fraction of sp³-hybridized carbons (Fsp3) is 0.533. The van der Waals surface area contributed by atoms with Crippen molar-refractivity contribution in [1.29, 1.82) is 0 Å². The largest absolute Gasteiger partial charge is 0.381 e. The molecule has 1 aromatic carbocycles. The fourth-order valence-electron chi connectivity index (χ4n) is 3.37. The molecule has 0 radical (unpaired) electrons. The Morgan fingerprint density at radius 1 is 1.37 bits per heavy atom. The van der Waals surface area contributed by atoms with Gasteiger partial charge in [0.2, 0.25) is 5.91 Å². The molecule has 2 heterocycles. The number of benzene rings is 1. The van der Waals surface area contributed by atoms with Gasteiger partial charge in [0, 0.05) is 18.8 Å². The van der Waals surface area contributed by atoms with Crippen LogP contribution < -0.4 is 10.6 Å². The van der Waals surface area contributed by atoms with Crippen molar-refractivity contribution in [2.75, 3.05) is 31.2 Å². The number of carbonyl (C=O) groups is 1. The Hall–Kier alpha value is -1.55. The van der Waals surface area contributed by atoms with Gasteiger partial charge in [-0.05, 0) is 36.3 Å². The second kappa shape index (κ2) is 5.21. The molecule has 2 aliphatic heterocycles. The molecule has 0 aliphatic carbocycles. The first kappa shape index (κ1) is 12.5. The summed E-state index contributed by atoms with van der Waals surface area (Å²) < 4.78 is 5.53. The molecule has 2 N–H and O–H groups in total. The van der Waals surface area contributed by atoms with Gasteiger partial charge in [-0.2, -0.15) is 0 Å². The molecular weight excluding hydrogens is 240 g/mol. The summed E-state index contributed by atoms with van der Waals surface area (Å²) >= 11 is 0. The van der Waals surface area contributed by atoms with E-state index in [0.717, 1.165) is 32.6 Å². The van der Waals surface area contributed by atoms with Gasteiger partial charge in [-0.3, -0.25) is 4.79 Å². The summed E-state index contributed by atoms with van der Waals surface area (Å²) in [6.07, 6.45) is 2.23. The zero-order valence-electron chi connectivity index (χ0n) is 11.0. The first-order valence-electron chi connectivity index (χ1n) is 6.95. The SMILES string of the molecule is NC(=O)CN1CCC(C2CCOC2)c2ccccc21. The highest BCUT2D eigenvalue weighted by Crippen LogP contribution is 2.41. The summed E-state index contributed by atoms with van der Waals surface area (Å²) in [4.78, 5) is 13.3. The maximum absolute atomic E-state index is 11.2. The van der Waals surface area contributed by atoms with Gasteiger partial charge in [0.15, 0.2) is 0 Å². The summed E-state index contributed by atoms with van der Waals surface area (Å²) in [6.45, 7) is 2.97. The van der Waals surface area contributed by atoms with Crippen LogP contribution in [0, 0.1) is 5.92 Å². The van der Waals surface area contributed by atoms with E-state index in [1.165, 1.54) is 11.3 Å². The number of rotatable bonds is 3. The standard InChI is InChI=1S/C15H20N2O2/c16-15(18)9-17-7-5-12(11-6-8-19-10-11)13-3-1-2-4-14(13)17/h1-4,11-12H,5-10H2,(H2,16,18). The molecule has 3 rings (SSSR count). The quantitative estimate of drug-likeness (QED) is 0.896. The van der Waals surface area contributed by atoms with E-state index >= 15 is 0 Å². The van der Waals surface area contributed by atoms with Crippen LogP contribution in [0.15, 0.2) is 24.3 Å². The van der Waals surface area contributed by atoms with Crippen LogP contribution >= 0.6 is 0 Å².